The Kier molecular flexibility index (Phi) is 5.37. The standard InChI is InChI=1S/C21H20N2O3/c1-25-13-26-19-6-7-20(23)18(10-19)11-21(24)16-5-4-15-3-2-14(12-22)8-17(15)9-16/h2-10,21,24H,11,13,23H2,1H3/t21-/m0/s1. The van der Waals surface area contributed by atoms with Crippen LogP contribution in [0.15, 0.2) is 54.6 Å². The molecule has 3 N–H and O–H groups in total. The predicted octanol–water partition coefficient (Wildman–Crippen LogP) is 3.55. The van der Waals surface area contributed by atoms with E-state index in [2.05, 4.69) is 6.07 Å². The number of nitrogens with zero attached hydrogens (tertiary/aromatic N) is 1. The summed E-state index contributed by atoms with van der Waals surface area (Å²) < 4.78 is 10.3. The van der Waals surface area contributed by atoms with Gasteiger partial charge in [-0.25, -0.2) is 0 Å². The molecule has 0 aliphatic heterocycles. The van der Waals surface area contributed by atoms with E-state index in [4.69, 9.17) is 20.5 Å². The van der Waals surface area contributed by atoms with Crippen molar-refractivity contribution in [1.82, 2.24) is 0 Å². The first kappa shape index (κ1) is 17.7. The minimum absolute atomic E-state index is 0.151. The van der Waals surface area contributed by atoms with E-state index in [-0.39, 0.29) is 6.79 Å². The van der Waals surface area contributed by atoms with Crippen LogP contribution in [0.25, 0.3) is 10.8 Å². The van der Waals surface area contributed by atoms with Crippen molar-refractivity contribution in [2.75, 3.05) is 19.6 Å². The summed E-state index contributed by atoms with van der Waals surface area (Å²) in [5.74, 6) is 0.639. The van der Waals surface area contributed by atoms with Gasteiger partial charge in [-0.1, -0.05) is 18.2 Å². The Hall–Kier alpha value is -3.07. The summed E-state index contributed by atoms with van der Waals surface area (Å²) in [5.41, 5.74) is 8.81. The van der Waals surface area contributed by atoms with Crippen LogP contribution in [0, 0.1) is 11.3 Å². The van der Waals surface area contributed by atoms with Gasteiger partial charge in [-0.2, -0.15) is 5.26 Å². The third-order valence-corrected chi connectivity index (χ3v) is 4.25. The highest BCUT2D eigenvalue weighted by atomic mass is 16.7. The summed E-state index contributed by atoms with van der Waals surface area (Å²) >= 11 is 0. The molecule has 0 unspecified atom stereocenters. The van der Waals surface area contributed by atoms with E-state index in [1.54, 1.807) is 25.3 Å². The Bertz CT molecular complexity index is 963. The molecule has 0 aliphatic rings. The summed E-state index contributed by atoms with van der Waals surface area (Å²) in [5, 5.41) is 21.7. The number of methoxy groups -OCH3 is 1. The summed E-state index contributed by atoms with van der Waals surface area (Å²) in [4.78, 5) is 0. The maximum Gasteiger partial charge on any atom is 0.188 e. The van der Waals surface area contributed by atoms with Crippen LogP contribution in [0.3, 0.4) is 0 Å². The molecular weight excluding hydrogens is 328 g/mol. The molecule has 3 aromatic carbocycles. The number of hydrogen-bond acceptors (Lipinski definition) is 5. The average molecular weight is 348 g/mol. The molecule has 0 amide bonds. The van der Waals surface area contributed by atoms with Crippen molar-refractivity contribution in [3.63, 3.8) is 0 Å². The van der Waals surface area contributed by atoms with Crippen molar-refractivity contribution in [2.45, 2.75) is 12.5 Å². The average Bonchev–Trinajstić information content (AvgIpc) is 2.67. The number of benzene rings is 3. The molecule has 0 bridgehead atoms. The van der Waals surface area contributed by atoms with Crippen molar-refractivity contribution in [1.29, 1.82) is 5.26 Å². The van der Waals surface area contributed by atoms with E-state index < -0.39 is 6.10 Å². The fraction of sp³-hybridized carbons (Fsp3) is 0.190. The zero-order valence-electron chi connectivity index (χ0n) is 14.5. The second-order valence-electron chi connectivity index (χ2n) is 6.06. The Morgan fingerprint density at radius 2 is 1.88 bits per heavy atom. The number of hydrogen-bond donors (Lipinski definition) is 2. The van der Waals surface area contributed by atoms with Gasteiger partial charge in [-0.3, -0.25) is 0 Å². The van der Waals surface area contributed by atoms with Gasteiger partial charge in [0.15, 0.2) is 6.79 Å². The maximum absolute atomic E-state index is 10.7. The SMILES string of the molecule is COCOc1ccc(N)c(C[C@H](O)c2ccc3ccc(C#N)cc3c2)c1. The minimum atomic E-state index is -0.717. The summed E-state index contributed by atoms with van der Waals surface area (Å²) in [6.07, 6.45) is -0.357. The summed E-state index contributed by atoms with van der Waals surface area (Å²) in [6.45, 7) is 0.151. The second kappa shape index (κ2) is 7.87. The molecule has 1 atom stereocenters. The van der Waals surface area contributed by atoms with Gasteiger partial charge in [0.25, 0.3) is 0 Å². The van der Waals surface area contributed by atoms with E-state index in [1.165, 1.54) is 0 Å². The number of anilines is 1. The number of rotatable bonds is 6. The smallest absolute Gasteiger partial charge is 0.188 e. The van der Waals surface area contributed by atoms with Crippen LogP contribution in [-0.4, -0.2) is 19.0 Å². The number of aliphatic hydroxyl groups excluding tert-OH is 1. The number of nitriles is 1. The third kappa shape index (κ3) is 3.94. The van der Waals surface area contributed by atoms with E-state index >= 15 is 0 Å². The first-order valence-electron chi connectivity index (χ1n) is 8.22. The van der Waals surface area contributed by atoms with E-state index in [0.29, 0.717) is 23.4 Å². The molecule has 0 spiro atoms. The molecule has 3 rings (SSSR count). The van der Waals surface area contributed by atoms with Crippen molar-refractivity contribution in [3.8, 4) is 11.8 Å². The van der Waals surface area contributed by atoms with E-state index in [0.717, 1.165) is 21.9 Å². The maximum atomic E-state index is 10.7. The summed E-state index contributed by atoms with van der Waals surface area (Å²) in [7, 11) is 1.55. The van der Waals surface area contributed by atoms with E-state index in [1.807, 2.05) is 36.4 Å². The molecule has 0 fully saturated rings. The highest BCUT2D eigenvalue weighted by molar-refractivity contribution is 5.84. The van der Waals surface area contributed by atoms with Crippen molar-refractivity contribution in [3.05, 3.63) is 71.3 Å². The van der Waals surface area contributed by atoms with Gasteiger partial charge in [0.2, 0.25) is 0 Å². The molecule has 26 heavy (non-hydrogen) atoms. The van der Waals surface area contributed by atoms with Crippen LogP contribution < -0.4 is 10.5 Å². The molecule has 3 aromatic rings. The van der Waals surface area contributed by atoms with Gasteiger partial charge in [0.1, 0.15) is 5.75 Å². The molecule has 0 heterocycles. The van der Waals surface area contributed by atoms with Gasteiger partial charge in [-0.15, -0.1) is 0 Å². The lowest BCUT2D eigenvalue weighted by molar-refractivity contribution is 0.0510. The molecular formula is C21H20N2O3. The molecule has 132 valence electrons. The number of nitrogen functional groups attached to an aromatic ring is 1. The quantitative estimate of drug-likeness (QED) is 0.525. The van der Waals surface area contributed by atoms with Crippen molar-refractivity contribution >= 4 is 16.5 Å². The minimum Gasteiger partial charge on any atom is -0.468 e. The highest BCUT2D eigenvalue weighted by Crippen LogP contribution is 2.28. The van der Waals surface area contributed by atoms with Crippen LogP contribution in [0.5, 0.6) is 5.75 Å². The first-order chi connectivity index (χ1) is 12.6. The lowest BCUT2D eigenvalue weighted by atomic mass is 9.97. The molecule has 0 saturated heterocycles. The second-order valence-corrected chi connectivity index (χ2v) is 6.06. The largest absolute Gasteiger partial charge is 0.468 e. The van der Waals surface area contributed by atoms with Crippen LogP contribution in [0.4, 0.5) is 5.69 Å². The van der Waals surface area contributed by atoms with Gasteiger partial charge >= 0.3 is 0 Å². The first-order valence-corrected chi connectivity index (χ1v) is 8.22. The Morgan fingerprint density at radius 3 is 2.65 bits per heavy atom. The van der Waals surface area contributed by atoms with Crippen molar-refractivity contribution < 1.29 is 14.6 Å². The summed E-state index contributed by atoms with van der Waals surface area (Å²) in [6, 6.07) is 18.7. The molecule has 0 aromatic heterocycles. The molecule has 0 radical (unpaired) electrons. The molecule has 5 heteroatoms. The van der Waals surface area contributed by atoms with Crippen LogP contribution in [0.1, 0.15) is 22.8 Å². The number of ether oxygens (including phenoxy) is 2. The molecule has 5 nitrogen and oxygen atoms in total. The number of fused-ring (bicyclic) bond motifs is 1. The topological polar surface area (TPSA) is 88.5 Å². The molecule has 0 aliphatic carbocycles. The van der Waals surface area contributed by atoms with Gasteiger partial charge < -0.3 is 20.3 Å². The van der Waals surface area contributed by atoms with Crippen LogP contribution in [-0.2, 0) is 11.2 Å². The third-order valence-electron chi connectivity index (χ3n) is 4.25. The van der Waals surface area contributed by atoms with Crippen molar-refractivity contribution in [2.24, 2.45) is 0 Å². The van der Waals surface area contributed by atoms with Gasteiger partial charge in [0.05, 0.1) is 17.7 Å². The normalized spacial score (nSPS) is 11.9. The lowest BCUT2D eigenvalue weighted by Gasteiger charge is -2.15. The monoisotopic (exact) mass is 348 g/mol. The fourth-order valence-electron chi connectivity index (χ4n) is 2.84. The van der Waals surface area contributed by atoms with E-state index in [9.17, 15) is 5.11 Å². The lowest BCUT2D eigenvalue weighted by Crippen LogP contribution is -2.06. The van der Waals surface area contributed by atoms with Gasteiger partial charge in [-0.05, 0) is 58.3 Å². The van der Waals surface area contributed by atoms with Crippen LogP contribution >= 0.6 is 0 Å². The Morgan fingerprint density at radius 1 is 1.08 bits per heavy atom. The fourth-order valence-corrected chi connectivity index (χ4v) is 2.84. The number of aliphatic hydroxyl groups is 1. The zero-order chi connectivity index (χ0) is 18.5. The highest BCUT2D eigenvalue weighted by Gasteiger charge is 2.12. The Labute approximate surface area is 152 Å². The Balaban J connectivity index is 1.84. The van der Waals surface area contributed by atoms with Gasteiger partial charge in [0, 0.05) is 19.2 Å². The number of nitrogens with two attached hydrogens (primary N) is 1. The predicted molar refractivity (Wildman–Crippen MR) is 101 cm³/mol. The molecule has 0 saturated carbocycles. The van der Waals surface area contributed by atoms with Crippen LogP contribution in [0.2, 0.25) is 0 Å². The zero-order valence-corrected chi connectivity index (χ0v) is 14.5.